The monoisotopic (exact) mass is 394 g/mol. The Kier molecular flexibility index (Phi) is 6.39. The summed E-state index contributed by atoms with van der Waals surface area (Å²) in [6, 6.07) is 6.91. The Morgan fingerprint density at radius 3 is 2.35 bits per heavy atom. The molecule has 0 aliphatic heterocycles. The standard InChI is InChI=1S/C18H19ClN2O4S/c1-10-14(18(24)25-4)16(26-15(10)17(23)21(2)3)20-13(22)9-11-5-7-12(19)8-6-11/h5-8H,9H2,1-4H3,(H,20,22). The van der Waals surface area contributed by atoms with E-state index in [0.717, 1.165) is 16.9 Å². The van der Waals surface area contributed by atoms with E-state index in [2.05, 4.69) is 5.32 Å². The molecule has 0 saturated heterocycles. The van der Waals surface area contributed by atoms with Crippen LogP contribution >= 0.6 is 22.9 Å². The second kappa shape index (κ2) is 8.33. The number of ether oxygens (including phenoxy) is 1. The van der Waals surface area contributed by atoms with E-state index in [0.29, 0.717) is 20.5 Å². The summed E-state index contributed by atoms with van der Waals surface area (Å²) in [6.45, 7) is 1.66. The van der Waals surface area contributed by atoms with Gasteiger partial charge in [0.2, 0.25) is 5.91 Å². The highest BCUT2D eigenvalue weighted by Crippen LogP contribution is 2.34. The first kappa shape index (κ1) is 19.9. The predicted octanol–water partition coefficient (Wildman–Crippen LogP) is 3.38. The molecule has 0 atom stereocenters. The quantitative estimate of drug-likeness (QED) is 0.789. The molecule has 1 aromatic heterocycles. The number of methoxy groups -OCH3 is 1. The van der Waals surface area contributed by atoms with Gasteiger partial charge in [-0.05, 0) is 30.2 Å². The first-order valence-electron chi connectivity index (χ1n) is 7.72. The molecule has 1 aromatic carbocycles. The summed E-state index contributed by atoms with van der Waals surface area (Å²) < 4.78 is 4.80. The van der Waals surface area contributed by atoms with Gasteiger partial charge in [-0.3, -0.25) is 9.59 Å². The number of nitrogens with zero attached hydrogens (tertiary/aromatic N) is 1. The van der Waals surface area contributed by atoms with Crippen LogP contribution in [0.1, 0.15) is 31.2 Å². The Hall–Kier alpha value is -2.38. The maximum Gasteiger partial charge on any atom is 0.341 e. The van der Waals surface area contributed by atoms with Crippen molar-refractivity contribution in [3.8, 4) is 0 Å². The van der Waals surface area contributed by atoms with Gasteiger partial charge in [0.1, 0.15) is 5.00 Å². The van der Waals surface area contributed by atoms with Crippen molar-refractivity contribution in [1.82, 2.24) is 4.90 Å². The van der Waals surface area contributed by atoms with Gasteiger partial charge in [-0.1, -0.05) is 23.7 Å². The minimum Gasteiger partial charge on any atom is -0.465 e. The maximum atomic E-state index is 12.4. The molecule has 0 aliphatic carbocycles. The number of amides is 2. The van der Waals surface area contributed by atoms with Gasteiger partial charge in [-0.15, -0.1) is 11.3 Å². The molecule has 1 heterocycles. The van der Waals surface area contributed by atoms with Crippen molar-refractivity contribution in [1.29, 1.82) is 0 Å². The van der Waals surface area contributed by atoms with Crippen molar-refractivity contribution in [2.45, 2.75) is 13.3 Å². The number of carbonyl (C=O) groups excluding carboxylic acids is 3. The smallest absolute Gasteiger partial charge is 0.341 e. The summed E-state index contributed by atoms with van der Waals surface area (Å²) in [7, 11) is 4.50. The van der Waals surface area contributed by atoms with Crippen LogP contribution in [0, 0.1) is 6.92 Å². The highest BCUT2D eigenvalue weighted by atomic mass is 35.5. The topological polar surface area (TPSA) is 75.7 Å². The van der Waals surface area contributed by atoms with Gasteiger partial charge in [0.15, 0.2) is 0 Å². The number of hydrogen-bond donors (Lipinski definition) is 1. The molecule has 2 aromatic rings. The Balaban J connectivity index is 2.30. The second-order valence-corrected chi connectivity index (χ2v) is 7.26. The van der Waals surface area contributed by atoms with Crippen LogP contribution in [0.5, 0.6) is 0 Å². The summed E-state index contributed by atoms with van der Waals surface area (Å²) in [5.74, 6) is -1.14. The van der Waals surface area contributed by atoms with E-state index in [1.807, 2.05) is 0 Å². The molecular formula is C18H19ClN2O4S. The number of nitrogens with one attached hydrogen (secondary N) is 1. The number of benzene rings is 1. The summed E-state index contributed by atoms with van der Waals surface area (Å²) >= 11 is 6.90. The summed E-state index contributed by atoms with van der Waals surface area (Å²) in [6.07, 6.45) is 0.117. The number of halogens is 1. The SMILES string of the molecule is COC(=O)c1c(NC(=O)Cc2ccc(Cl)cc2)sc(C(=O)N(C)C)c1C. The van der Waals surface area contributed by atoms with Crippen molar-refractivity contribution in [2.24, 2.45) is 0 Å². The van der Waals surface area contributed by atoms with Crippen LogP contribution in [-0.2, 0) is 16.0 Å². The third kappa shape index (κ3) is 4.42. The van der Waals surface area contributed by atoms with E-state index in [1.54, 1.807) is 45.3 Å². The molecule has 2 rings (SSSR count). The molecule has 26 heavy (non-hydrogen) atoms. The summed E-state index contributed by atoms with van der Waals surface area (Å²) in [5.41, 5.74) is 1.47. The van der Waals surface area contributed by atoms with Gasteiger partial charge in [-0.2, -0.15) is 0 Å². The zero-order chi connectivity index (χ0) is 19.4. The van der Waals surface area contributed by atoms with E-state index in [-0.39, 0.29) is 23.8 Å². The molecule has 8 heteroatoms. The van der Waals surface area contributed by atoms with Crippen LogP contribution in [0.3, 0.4) is 0 Å². The van der Waals surface area contributed by atoms with Crippen molar-refractivity contribution in [3.05, 3.63) is 50.9 Å². The predicted molar refractivity (Wildman–Crippen MR) is 102 cm³/mol. The van der Waals surface area contributed by atoms with E-state index < -0.39 is 5.97 Å². The number of thiophene rings is 1. The zero-order valence-electron chi connectivity index (χ0n) is 14.9. The van der Waals surface area contributed by atoms with Gasteiger partial charge < -0.3 is 15.0 Å². The van der Waals surface area contributed by atoms with Crippen LogP contribution < -0.4 is 5.32 Å². The van der Waals surface area contributed by atoms with Crippen LogP contribution in [0.25, 0.3) is 0 Å². The first-order chi connectivity index (χ1) is 12.2. The Labute approximate surface area is 160 Å². The number of hydrogen-bond acceptors (Lipinski definition) is 5. The molecule has 138 valence electrons. The average molecular weight is 395 g/mol. The zero-order valence-corrected chi connectivity index (χ0v) is 16.5. The minimum atomic E-state index is -0.599. The van der Waals surface area contributed by atoms with Gasteiger partial charge in [0, 0.05) is 19.1 Å². The van der Waals surface area contributed by atoms with Crippen molar-refractivity contribution >= 4 is 45.7 Å². The van der Waals surface area contributed by atoms with Crippen LogP contribution in [-0.4, -0.2) is 43.9 Å². The first-order valence-corrected chi connectivity index (χ1v) is 8.91. The molecule has 0 unspecified atom stereocenters. The van der Waals surface area contributed by atoms with Crippen molar-refractivity contribution < 1.29 is 19.1 Å². The van der Waals surface area contributed by atoms with E-state index in [9.17, 15) is 14.4 Å². The number of carbonyl (C=O) groups is 3. The fraction of sp³-hybridized carbons (Fsp3) is 0.278. The Bertz CT molecular complexity index is 844. The largest absolute Gasteiger partial charge is 0.465 e. The van der Waals surface area contributed by atoms with Gasteiger partial charge in [-0.25, -0.2) is 4.79 Å². The van der Waals surface area contributed by atoms with E-state index in [1.165, 1.54) is 12.0 Å². The van der Waals surface area contributed by atoms with E-state index in [4.69, 9.17) is 16.3 Å². The maximum absolute atomic E-state index is 12.4. The lowest BCUT2D eigenvalue weighted by atomic mass is 10.1. The van der Waals surface area contributed by atoms with Crippen LogP contribution in [0.4, 0.5) is 5.00 Å². The Morgan fingerprint density at radius 2 is 1.81 bits per heavy atom. The molecule has 0 radical (unpaired) electrons. The number of esters is 1. The van der Waals surface area contributed by atoms with Crippen molar-refractivity contribution in [2.75, 3.05) is 26.5 Å². The number of anilines is 1. The molecule has 6 nitrogen and oxygen atoms in total. The van der Waals surface area contributed by atoms with E-state index >= 15 is 0 Å². The summed E-state index contributed by atoms with van der Waals surface area (Å²) in [4.78, 5) is 38.6. The third-order valence-corrected chi connectivity index (χ3v) is 5.11. The van der Waals surface area contributed by atoms with Crippen LogP contribution in [0.2, 0.25) is 5.02 Å². The lowest BCUT2D eigenvalue weighted by Crippen LogP contribution is -2.21. The van der Waals surface area contributed by atoms with Crippen LogP contribution in [0.15, 0.2) is 24.3 Å². The molecule has 0 aliphatic rings. The van der Waals surface area contributed by atoms with Gasteiger partial charge in [0.25, 0.3) is 5.91 Å². The second-order valence-electron chi connectivity index (χ2n) is 5.80. The fourth-order valence-electron chi connectivity index (χ4n) is 2.31. The molecule has 2 amide bonds. The molecule has 1 N–H and O–H groups in total. The fourth-order valence-corrected chi connectivity index (χ4v) is 3.67. The molecule has 0 bridgehead atoms. The lowest BCUT2D eigenvalue weighted by Gasteiger charge is -2.08. The van der Waals surface area contributed by atoms with Gasteiger partial charge >= 0.3 is 5.97 Å². The highest BCUT2D eigenvalue weighted by Gasteiger charge is 2.27. The molecule has 0 fully saturated rings. The summed E-state index contributed by atoms with van der Waals surface area (Å²) in [5, 5.41) is 3.61. The lowest BCUT2D eigenvalue weighted by molar-refractivity contribution is -0.115. The normalized spacial score (nSPS) is 10.3. The van der Waals surface area contributed by atoms with Crippen molar-refractivity contribution in [3.63, 3.8) is 0 Å². The van der Waals surface area contributed by atoms with Gasteiger partial charge in [0.05, 0.1) is 24.0 Å². The third-order valence-electron chi connectivity index (χ3n) is 3.67. The average Bonchev–Trinajstić information content (AvgIpc) is 2.91. The Morgan fingerprint density at radius 1 is 1.19 bits per heavy atom. The molecule has 0 spiro atoms. The molecule has 0 saturated carbocycles. The number of rotatable bonds is 5. The molecular weight excluding hydrogens is 376 g/mol. The minimum absolute atomic E-state index is 0.117. The highest BCUT2D eigenvalue weighted by molar-refractivity contribution is 7.18.